The molecule has 0 aliphatic carbocycles. The fourth-order valence-corrected chi connectivity index (χ4v) is 2.90. The molecule has 116 valence electrons. The molecule has 0 aliphatic rings. The van der Waals surface area contributed by atoms with Crippen LogP contribution in [0.3, 0.4) is 0 Å². The molecule has 0 nitrogen and oxygen atoms in total. The maximum absolute atomic E-state index is 13.9. The van der Waals surface area contributed by atoms with Gasteiger partial charge in [-0.2, -0.15) is 0 Å². The number of allylic oxidation sites excluding steroid dienone is 2. The first-order valence-corrected chi connectivity index (χ1v) is 8.02. The van der Waals surface area contributed by atoms with Crippen molar-refractivity contribution in [1.29, 1.82) is 0 Å². The molecule has 0 aliphatic heterocycles. The smallest absolute Gasteiger partial charge is 0.130 e. The molecule has 1 unspecified atom stereocenters. The van der Waals surface area contributed by atoms with Gasteiger partial charge in [-0.25, -0.2) is 4.39 Å². The standard InChI is InChI=1S/C20H29F/c1-6-8-18(13-15(2)3)10-7-9-17(5)19-12-11-16(4)14-20(19)21/h11-12,14,18H,2,5-10,13H2,1,3-4H3. The van der Waals surface area contributed by atoms with E-state index in [-0.39, 0.29) is 5.82 Å². The lowest BCUT2D eigenvalue weighted by atomic mass is 9.89. The lowest BCUT2D eigenvalue weighted by Crippen LogP contribution is -2.01. The first-order chi connectivity index (χ1) is 9.93. The van der Waals surface area contributed by atoms with Crippen molar-refractivity contribution < 1.29 is 4.39 Å². The molecular formula is C20H29F. The largest absolute Gasteiger partial charge is 0.206 e. The lowest BCUT2D eigenvalue weighted by molar-refractivity contribution is 0.431. The van der Waals surface area contributed by atoms with Crippen LogP contribution in [0.15, 0.2) is 36.9 Å². The van der Waals surface area contributed by atoms with E-state index in [1.54, 1.807) is 6.07 Å². The van der Waals surface area contributed by atoms with Gasteiger partial charge in [0.05, 0.1) is 0 Å². The molecular weight excluding hydrogens is 259 g/mol. The van der Waals surface area contributed by atoms with Crippen LogP contribution in [0, 0.1) is 18.7 Å². The van der Waals surface area contributed by atoms with E-state index in [1.165, 1.54) is 24.8 Å². The van der Waals surface area contributed by atoms with E-state index in [0.717, 1.165) is 30.4 Å². The summed E-state index contributed by atoms with van der Waals surface area (Å²) in [7, 11) is 0. The van der Waals surface area contributed by atoms with E-state index in [2.05, 4.69) is 27.0 Å². The number of hydrogen-bond donors (Lipinski definition) is 0. The van der Waals surface area contributed by atoms with Crippen molar-refractivity contribution in [3.05, 3.63) is 53.9 Å². The minimum atomic E-state index is -0.146. The van der Waals surface area contributed by atoms with Crippen LogP contribution >= 0.6 is 0 Å². The zero-order valence-electron chi connectivity index (χ0n) is 13.8. The van der Waals surface area contributed by atoms with Crippen LogP contribution in [-0.2, 0) is 0 Å². The van der Waals surface area contributed by atoms with Crippen molar-refractivity contribution in [2.45, 2.75) is 59.3 Å². The Morgan fingerprint density at radius 3 is 2.52 bits per heavy atom. The third kappa shape index (κ3) is 6.29. The van der Waals surface area contributed by atoms with Crippen LogP contribution in [0.25, 0.3) is 5.57 Å². The number of hydrogen-bond acceptors (Lipinski definition) is 0. The Labute approximate surface area is 129 Å². The number of aryl methyl sites for hydroxylation is 1. The van der Waals surface area contributed by atoms with Gasteiger partial charge in [-0.05, 0) is 62.7 Å². The Bertz CT molecular complexity index is 485. The average molecular weight is 288 g/mol. The molecule has 0 N–H and O–H groups in total. The van der Waals surface area contributed by atoms with Gasteiger partial charge in [0.25, 0.3) is 0 Å². The SMILES string of the molecule is C=C(C)CC(CCC)CCCC(=C)c1ccc(C)cc1F. The highest BCUT2D eigenvalue weighted by molar-refractivity contribution is 5.64. The Morgan fingerprint density at radius 2 is 1.95 bits per heavy atom. The van der Waals surface area contributed by atoms with E-state index < -0.39 is 0 Å². The topological polar surface area (TPSA) is 0 Å². The van der Waals surface area contributed by atoms with Crippen molar-refractivity contribution in [3.8, 4) is 0 Å². The molecule has 1 aromatic rings. The molecule has 0 bridgehead atoms. The molecule has 0 fully saturated rings. The quantitative estimate of drug-likeness (QED) is 0.443. The Kier molecular flexibility index (Phi) is 7.42. The predicted molar refractivity (Wildman–Crippen MR) is 91.9 cm³/mol. The summed E-state index contributed by atoms with van der Waals surface area (Å²) in [4.78, 5) is 0. The van der Waals surface area contributed by atoms with Gasteiger partial charge in [0.15, 0.2) is 0 Å². The van der Waals surface area contributed by atoms with Gasteiger partial charge in [0.2, 0.25) is 0 Å². The summed E-state index contributed by atoms with van der Waals surface area (Å²) in [5.41, 5.74) is 3.80. The van der Waals surface area contributed by atoms with Crippen LogP contribution in [-0.4, -0.2) is 0 Å². The van der Waals surface area contributed by atoms with E-state index in [9.17, 15) is 4.39 Å². The maximum atomic E-state index is 13.9. The summed E-state index contributed by atoms with van der Waals surface area (Å²) in [6.45, 7) is 14.3. The minimum Gasteiger partial charge on any atom is -0.206 e. The minimum absolute atomic E-state index is 0.146. The monoisotopic (exact) mass is 288 g/mol. The fourth-order valence-electron chi connectivity index (χ4n) is 2.90. The summed E-state index contributed by atoms with van der Waals surface area (Å²) >= 11 is 0. The summed E-state index contributed by atoms with van der Waals surface area (Å²) in [5.74, 6) is 0.565. The molecule has 0 saturated carbocycles. The summed E-state index contributed by atoms with van der Waals surface area (Å²) in [6, 6.07) is 5.39. The van der Waals surface area contributed by atoms with Gasteiger partial charge in [-0.3, -0.25) is 0 Å². The van der Waals surface area contributed by atoms with Crippen LogP contribution in [0.1, 0.15) is 63.5 Å². The zero-order valence-corrected chi connectivity index (χ0v) is 13.8. The van der Waals surface area contributed by atoms with Gasteiger partial charge in [-0.1, -0.05) is 44.1 Å². The average Bonchev–Trinajstić information content (AvgIpc) is 2.37. The van der Waals surface area contributed by atoms with Gasteiger partial charge < -0.3 is 0 Å². The van der Waals surface area contributed by atoms with E-state index in [4.69, 9.17) is 0 Å². The highest BCUT2D eigenvalue weighted by Gasteiger charge is 2.10. The molecule has 0 spiro atoms. The van der Waals surface area contributed by atoms with E-state index >= 15 is 0 Å². The van der Waals surface area contributed by atoms with Gasteiger partial charge in [-0.15, -0.1) is 6.58 Å². The van der Waals surface area contributed by atoms with Crippen molar-refractivity contribution in [2.75, 3.05) is 0 Å². The van der Waals surface area contributed by atoms with Crippen molar-refractivity contribution in [1.82, 2.24) is 0 Å². The highest BCUT2D eigenvalue weighted by Crippen LogP contribution is 2.26. The molecule has 1 heteroatoms. The highest BCUT2D eigenvalue weighted by atomic mass is 19.1. The zero-order chi connectivity index (χ0) is 15.8. The third-order valence-electron chi connectivity index (χ3n) is 3.93. The second-order valence-electron chi connectivity index (χ2n) is 6.30. The number of rotatable bonds is 9. The maximum Gasteiger partial charge on any atom is 0.130 e. The van der Waals surface area contributed by atoms with Crippen molar-refractivity contribution in [2.24, 2.45) is 5.92 Å². The fraction of sp³-hybridized carbons (Fsp3) is 0.500. The summed E-state index contributed by atoms with van der Waals surface area (Å²) in [6.07, 6.45) is 6.69. The molecule has 0 heterocycles. The molecule has 1 aromatic carbocycles. The second-order valence-corrected chi connectivity index (χ2v) is 6.30. The number of benzene rings is 1. The van der Waals surface area contributed by atoms with Gasteiger partial charge in [0, 0.05) is 5.56 Å². The first kappa shape index (κ1) is 17.7. The Hall–Kier alpha value is -1.37. The second kappa shape index (κ2) is 8.81. The van der Waals surface area contributed by atoms with Crippen LogP contribution in [0.5, 0.6) is 0 Å². The molecule has 1 rings (SSSR count). The van der Waals surface area contributed by atoms with Crippen LogP contribution in [0.4, 0.5) is 4.39 Å². The first-order valence-electron chi connectivity index (χ1n) is 8.02. The molecule has 0 aromatic heterocycles. The van der Waals surface area contributed by atoms with Crippen LogP contribution in [0.2, 0.25) is 0 Å². The summed E-state index contributed by atoms with van der Waals surface area (Å²) < 4.78 is 13.9. The predicted octanol–water partition coefficient (Wildman–Crippen LogP) is 6.70. The summed E-state index contributed by atoms with van der Waals surface area (Å²) in [5, 5.41) is 0. The normalized spacial score (nSPS) is 12.2. The van der Waals surface area contributed by atoms with E-state index in [0.29, 0.717) is 11.5 Å². The number of halogens is 1. The molecule has 0 radical (unpaired) electrons. The Balaban J connectivity index is 2.50. The third-order valence-corrected chi connectivity index (χ3v) is 3.93. The lowest BCUT2D eigenvalue weighted by Gasteiger charge is -2.16. The Morgan fingerprint density at radius 1 is 1.24 bits per heavy atom. The van der Waals surface area contributed by atoms with E-state index in [1.807, 2.05) is 19.1 Å². The molecule has 1 atom stereocenters. The van der Waals surface area contributed by atoms with Crippen LogP contribution < -0.4 is 0 Å². The van der Waals surface area contributed by atoms with Gasteiger partial charge in [0.1, 0.15) is 5.82 Å². The van der Waals surface area contributed by atoms with Crippen molar-refractivity contribution in [3.63, 3.8) is 0 Å². The molecule has 21 heavy (non-hydrogen) atoms. The molecule has 0 saturated heterocycles. The molecule has 0 amide bonds. The van der Waals surface area contributed by atoms with Gasteiger partial charge >= 0.3 is 0 Å². The van der Waals surface area contributed by atoms with Crippen molar-refractivity contribution >= 4 is 5.57 Å².